The molecule has 0 fully saturated rings. The van der Waals surface area contributed by atoms with Crippen molar-refractivity contribution in [1.29, 1.82) is 0 Å². The maximum atomic E-state index is 12.0. The summed E-state index contributed by atoms with van der Waals surface area (Å²) in [7, 11) is -0.512. The molecule has 1 aromatic rings. The highest BCUT2D eigenvalue weighted by Crippen LogP contribution is 2.17. The van der Waals surface area contributed by atoms with Crippen molar-refractivity contribution < 1.29 is 27.5 Å². The van der Waals surface area contributed by atoms with Crippen LogP contribution in [-0.4, -0.2) is 64.1 Å². The van der Waals surface area contributed by atoms with E-state index in [1.165, 1.54) is 36.1 Å². The lowest BCUT2D eigenvalue weighted by Gasteiger charge is -2.11. The van der Waals surface area contributed by atoms with E-state index in [0.717, 1.165) is 0 Å². The molecule has 0 saturated carbocycles. The molecule has 0 aliphatic carbocycles. The number of ether oxygens (including phenoxy) is 1. The first-order valence-electron chi connectivity index (χ1n) is 7.14. The van der Waals surface area contributed by atoms with E-state index in [1.54, 1.807) is 14.1 Å². The first-order chi connectivity index (χ1) is 11.2. The number of rotatable bonds is 7. The quantitative estimate of drug-likeness (QED) is 0.680. The average molecular weight is 356 g/mol. The molecular formula is C15H20N2O6S. The molecule has 1 aromatic carbocycles. The van der Waals surface area contributed by atoms with Crippen LogP contribution in [0.1, 0.15) is 17.3 Å². The predicted molar refractivity (Wildman–Crippen MR) is 86.2 cm³/mol. The number of carbonyl (C=O) groups excluding carboxylic acids is 3. The number of hydrogen-bond acceptors (Lipinski definition) is 6. The minimum Gasteiger partial charge on any atom is -0.452 e. The molecule has 0 atom stereocenters. The van der Waals surface area contributed by atoms with E-state index >= 15 is 0 Å². The first kappa shape index (κ1) is 19.6. The maximum Gasteiger partial charge on any atom is 0.339 e. The molecule has 0 heterocycles. The Labute approximate surface area is 140 Å². The van der Waals surface area contributed by atoms with Gasteiger partial charge in [-0.05, 0) is 12.1 Å². The molecule has 132 valence electrons. The van der Waals surface area contributed by atoms with E-state index in [0.29, 0.717) is 0 Å². The van der Waals surface area contributed by atoms with Crippen molar-refractivity contribution in [3.63, 3.8) is 0 Å². The van der Waals surface area contributed by atoms with E-state index in [-0.39, 0.29) is 28.7 Å². The Balaban J connectivity index is 2.70. The van der Waals surface area contributed by atoms with E-state index in [1.807, 2.05) is 0 Å². The van der Waals surface area contributed by atoms with Gasteiger partial charge in [0, 0.05) is 14.1 Å². The molecule has 2 amide bonds. The SMILES string of the molecule is CCS(=O)(=O)c1ccccc1C(=O)OCC(=O)NCC(=O)N(C)C. The van der Waals surface area contributed by atoms with Crippen molar-refractivity contribution in [3.8, 4) is 0 Å². The second-order valence-corrected chi connectivity index (χ2v) is 7.29. The van der Waals surface area contributed by atoms with Gasteiger partial charge in [-0.2, -0.15) is 0 Å². The van der Waals surface area contributed by atoms with Gasteiger partial charge in [-0.15, -0.1) is 0 Å². The zero-order chi connectivity index (χ0) is 18.3. The fraction of sp³-hybridized carbons (Fsp3) is 0.400. The van der Waals surface area contributed by atoms with Crippen molar-refractivity contribution in [1.82, 2.24) is 10.2 Å². The summed E-state index contributed by atoms with van der Waals surface area (Å²) in [6.45, 7) is 0.636. The Morgan fingerprint density at radius 2 is 1.79 bits per heavy atom. The number of likely N-dealkylation sites (N-methyl/N-ethyl adjacent to an activating group) is 1. The van der Waals surface area contributed by atoms with Gasteiger partial charge in [-0.25, -0.2) is 13.2 Å². The maximum absolute atomic E-state index is 12.0. The van der Waals surface area contributed by atoms with Crippen LogP contribution in [0, 0.1) is 0 Å². The highest BCUT2D eigenvalue weighted by molar-refractivity contribution is 7.91. The highest BCUT2D eigenvalue weighted by atomic mass is 32.2. The lowest BCUT2D eigenvalue weighted by atomic mass is 10.2. The number of amides is 2. The number of sulfone groups is 1. The third kappa shape index (κ3) is 5.34. The zero-order valence-corrected chi connectivity index (χ0v) is 14.6. The van der Waals surface area contributed by atoms with Crippen molar-refractivity contribution >= 4 is 27.6 Å². The Morgan fingerprint density at radius 3 is 2.38 bits per heavy atom. The number of carbonyl (C=O) groups is 3. The number of hydrogen-bond donors (Lipinski definition) is 1. The molecular weight excluding hydrogens is 336 g/mol. The Morgan fingerprint density at radius 1 is 1.17 bits per heavy atom. The smallest absolute Gasteiger partial charge is 0.339 e. The number of benzene rings is 1. The summed E-state index contributed by atoms with van der Waals surface area (Å²) in [5.74, 6) is -2.05. The molecule has 0 spiro atoms. The molecule has 8 nitrogen and oxygen atoms in total. The van der Waals surface area contributed by atoms with Gasteiger partial charge in [-0.3, -0.25) is 9.59 Å². The van der Waals surface area contributed by atoms with Crippen molar-refractivity contribution in [2.45, 2.75) is 11.8 Å². The largest absolute Gasteiger partial charge is 0.452 e. The summed E-state index contributed by atoms with van der Waals surface area (Å²) in [4.78, 5) is 36.1. The van der Waals surface area contributed by atoms with Gasteiger partial charge in [-0.1, -0.05) is 19.1 Å². The molecule has 9 heteroatoms. The number of nitrogens with zero attached hydrogens (tertiary/aromatic N) is 1. The Hall–Kier alpha value is -2.42. The summed E-state index contributed by atoms with van der Waals surface area (Å²) >= 11 is 0. The van der Waals surface area contributed by atoms with Crippen LogP contribution >= 0.6 is 0 Å². The van der Waals surface area contributed by atoms with Crippen LogP contribution in [0.15, 0.2) is 29.2 Å². The van der Waals surface area contributed by atoms with Crippen LogP contribution in [0.2, 0.25) is 0 Å². The second kappa shape index (κ2) is 8.44. The van der Waals surface area contributed by atoms with Crippen molar-refractivity contribution in [2.75, 3.05) is 33.0 Å². The average Bonchev–Trinajstić information content (AvgIpc) is 2.57. The van der Waals surface area contributed by atoms with E-state index in [4.69, 9.17) is 4.74 Å². The number of nitrogens with one attached hydrogen (secondary N) is 1. The fourth-order valence-corrected chi connectivity index (χ4v) is 2.74. The monoisotopic (exact) mass is 356 g/mol. The van der Waals surface area contributed by atoms with Gasteiger partial charge in [0.15, 0.2) is 16.4 Å². The lowest BCUT2D eigenvalue weighted by molar-refractivity contribution is -0.131. The third-order valence-corrected chi connectivity index (χ3v) is 4.88. The van der Waals surface area contributed by atoms with Gasteiger partial charge >= 0.3 is 5.97 Å². The lowest BCUT2D eigenvalue weighted by Crippen LogP contribution is -2.38. The highest BCUT2D eigenvalue weighted by Gasteiger charge is 2.22. The van der Waals surface area contributed by atoms with Crippen LogP contribution in [0.4, 0.5) is 0 Å². The van der Waals surface area contributed by atoms with Crippen LogP contribution in [0.25, 0.3) is 0 Å². The van der Waals surface area contributed by atoms with Gasteiger partial charge in [0.1, 0.15) is 0 Å². The molecule has 0 bridgehead atoms. The summed E-state index contributed by atoms with van der Waals surface area (Å²) < 4.78 is 28.8. The van der Waals surface area contributed by atoms with Crippen molar-refractivity contribution in [2.24, 2.45) is 0 Å². The summed E-state index contributed by atoms with van der Waals surface area (Å²) in [5.41, 5.74) is -0.128. The first-order valence-corrected chi connectivity index (χ1v) is 8.80. The molecule has 1 N–H and O–H groups in total. The van der Waals surface area contributed by atoms with Gasteiger partial charge in [0.05, 0.1) is 22.8 Å². The second-order valence-electron chi connectivity index (χ2n) is 5.04. The van der Waals surface area contributed by atoms with Gasteiger partial charge < -0.3 is 15.0 Å². The molecule has 0 saturated heterocycles. The van der Waals surface area contributed by atoms with Crippen LogP contribution < -0.4 is 5.32 Å². The van der Waals surface area contributed by atoms with E-state index < -0.39 is 28.3 Å². The minimum atomic E-state index is -3.59. The standard InChI is InChI=1S/C15H20N2O6S/c1-4-24(21,22)12-8-6-5-7-11(12)15(20)23-10-13(18)16-9-14(19)17(2)3/h5-8H,4,9-10H2,1-3H3,(H,16,18). The molecule has 0 aromatic heterocycles. The van der Waals surface area contributed by atoms with Crippen LogP contribution in [0.3, 0.4) is 0 Å². The van der Waals surface area contributed by atoms with Crippen molar-refractivity contribution in [3.05, 3.63) is 29.8 Å². The zero-order valence-electron chi connectivity index (χ0n) is 13.7. The normalized spacial score (nSPS) is 10.8. The van der Waals surface area contributed by atoms with E-state index in [2.05, 4.69) is 5.32 Å². The van der Waals surface area contributed by atoms with Gasteiger partial charge in [0.25, 0.3) is 5.91 Å². The molecule has 0 aliphatic heterocycles. The summed E-state index contributed by atoms with van der Waals surface area (Å²) in [6.07, 6.45) is 0. The number of esters is 1. The van der Waals surface area contributed by atoms with E-state index in [9.17, 15) is 22.8 Å². The molecule has 0 unspecified atom stereocenters. The molecule has 1 rings (SSSR count). The van der Waals surface area contributed by atoms with Crippen LogP contribution in [-0.2, 0) is 24.2 Å². The topological polar surface area (TPSA) is 110 Å². The Kier molecular flexibility index (Phi) is 6.90. The molecule has 0 radical (unpaired) electrons. The van der Waals surface area contributed by atoms with Gasteiger partial charge in [0.2, 0.25) is 5.91 Å². The summed E-state index contributed by atoms with van der Waals surface area (Å²) in [6, 6.07) is 5.63. The minimum absolute atomic E-state index is 0.128. The predicted octanol–water partition coefficient (Wildman–Crippen LogP) is -0.159. The summed E-state index contributed by atoms with van der Waals surface area (Å²) in [5, 5.41) is 2.30. The Bertz CT molecular complexity index is 727. The fourth-order valence-electron chi connectivity index (χ4n) is 1.65. The molecule has 0 aliphatic rings. The van der Waals surface area contributed by atoms with Crippen LogP contribution in [0.5, 0.6) is 0 Å². The molecule has 24 heavy (non-hydrogen) atoms. The third-order valence-electron chi connectivity index (χ3n) is 3.09.